The predicted octanol–water partition coefficient (Wildman–Crippen LogP) is 0.568. The zero-order valence-electron chi connectivity index (χ0n) is 10.8. The molecule has 3 fully saturated rings. The highest BCUT2D eigenvalue weighted by Crippen LogP contribution is 2.57. The molecule has 0 aromatic rings. The van der Waals surface area contributed by atoms with Gasteiger partial charge in [0, 0.05) is 6.04 Å². The Balaban J connectivity index is 1.84. The highest BCUT2D eigenvalue weighted by molar-refractivity contribution is 5.31. The number of hydrogen-bond acceptors (Lipinski definition) is 4. The van der Waals surface area contributed by atoms with Crippen molar-refractivity contribution >= 4 is 0 Å². The van der Waals surface area contributed by atoms with E-state index in [0.717, 1.165) is 0 Å². The molecule has 5 heteroatoms. The molecule has 0 radical (unpaired) electrons. The summed E-state index contributed by atoms with van der Waals surface area (Å²) in [6, 6.07) is 0.404. The van der Waals surface area contributed by atoms with E-state index in [1.54, 1.807) is 0 Å². The lowest BCUT2D eigenvalue weighted by atomic mass is 9.67. The zero-order chi connectivity index (χ0) is 12.5. The van der Waals surface area contributed by atoms with Crippen molar-refractivity contribution in [3.05, 3.63) is 0 Å². The molecule has 3 heterocycles. The maximum Gasteiger partial charge on any atom is 0.196 e. The smallest absolute Gasteiger partial charge is 0.196 e. The summed E-state index contributed by atoms with van der Waals surface area (Å²) < 4.78 is 26.4. The van der Waals surface area contributed by atoms with Gasteiger partial charge < -0.3 is 14.8 Å². The Kier molecular flexibility index (Phi) is 2.23. The largest absolute Gasteiger partial charge is 0.368 e. The lowest BCUT2D eigenvalue weighted by molar-refractivity contribution is -0.239. The van der Waals surface area contributed by atoms with Crippen LogP contribution in [-0.4, -0.2) is 48.3 Å². The van der Waals surface area contributed by atoms with Crippen molar-refractivity contribution in [3.8, 4) is 0 Å². The molecule has 3 saturated heterocycles. The third kappa shape index (κ3) is 1.21. The van der Waals surface area contributed by atoms with Crippen LogP contribution in [0.4, 0.5) is 4.39 Å². The minimum atomic E-state index is -1.42. The van der Waals surface area contributed by atoms with Crippen molar-refractivity contribution in [1.29, 1.82) is 0 Å². The first-order chi connectivity index (χ1) is 7.82. The topological polar surface area (TPSA) is 42.5 Å². The maximum absolute atomic E-state index is 15.0. The second kappa shape index (κ2) is 3.20. The Morgan fingerprint density at radius 2 is 2.12 bits per heavy atom. The highest BCUT2D eigenvalue weighted by Gasteiger charge is 2.82. The first-order valence-electron chi connectivity index (χ1n) is 6.32. The van der Waals surface area contributed by atoms with Gasteiger partial charge in [-0.15, -0.1) is 0 Å². The van der Waals surface area contributed by atoms with Crippen LogP contribution in [0.15, 0.2) is 0 Å². The Bertz CT molecular complexity index is 349. The van der Waals surface area contributed by atoms with Gasteiger partial charge in [0.2, 0.25) is 0 Å². The van der Waals surface area contributed by atoms with Gasteiger partial charge in [0.15, 0.2) is 11.4 Å². The van der Waals surface area contributed by atoms with Crippen molar-refractivity contribution in [2.45, 2.75) is 62.8 Å². The summed E-state index contributed by atoms with van der Waals surface area (Å²) in [5, 5.41) is 6.62. The molecule has 4 atom stereocenters. The molecule has 0 amide bonds. The minimum Gasteiger partial charge on any atom is -0.368 e. The summed E-state index contributed by atoms with van der Waals surface area (Å²) in [6.07, 6.45) is -0.233. The van der Waals surface area contributed by atoms with E-state index in [9.17, 15) is 4.39 Å². The highest BCUT2D eigenvalue weighted by atomic mass is 19.1. The van der Waals surface area contributed by atoms with E-state index in [-0.39, 0.29) is 18.8 Å². The Hall–Kier alpha value is -0.230. The van der Waals surface area contributed by atoms with Gasteiger partial charge in [0.1, 0.15) is 6.10 Å². The normalized spacial score (nSPS) is 51.2. The van der Waals surface area contributed by atoms with E-state index in [4.69, 9.17) is 9.47 Å². The number of alkyl halides is 1. The second-order valence-electron chi connectivity index (χ2n) is 6.26. The standard InChI is InChI=1S/C12H21FN2O2/c1-7(2)14-8-5-17-12-9(8)16-6-11(12,13)10(3,4)15-12/h7-9,14-15H,5-6H2,1-4H3/t8-,9-,11?,12+/m1/s1. The molecular weight excluding hydrogens is 223 g/mol. The molecule has 3 rings (SSSR count). The van der Waals surface area contributed by atoms with Gasteiger partial charge in [-0.1, -0.05) is 13.8 Å². The fourth-order valence-electron chi connectivity index (χ4n) is 3.47. The van der Waals surface area contributed by atoms with E-state index in [1.165, 1.54) is 0 Å². The van der Waals surface area contributed by atoms with Crippen LogP contribution in [0.3, 0.4) is 0 Å². The summed E-state index contributed by atoms with van der Waals surface area (Å²) >= 11 is 0. The van der Waals surface area contributed by atoms with Crippen molar-refractivity contribution in [1.82, 2.24) is 10.6 Å². The summed E-state index contributed by atoms with van der Waals surface area (Å²) in [7, 11) is 0. The second-order valence-corrected chi connectivity index (χ2v) is 6.26. The molecule has 4 nitrogen and oxygen atoms in total. The van der Waals surface area contributed by atoms with Crippen LogP contribution >= 0.6 is 0 Å². The predicted molar refractivity (Wildman–Crippen MR) is 61.5 cm³/mol. The first-order valence-corrected chi connectivity index (χ1v) is 6.32. The molecule has 17 heavy (non-hydrogen) atoms. The zero-order valence-corrected chi connectivity index (χ0v) is 10.8. The van der Waals surface area contributed by atoms with Crippen LogP contribution in [0, 0.1) is 0 Å². The summed E-state index contributed by atoms with van der Waals surface area (Å²) in [5.41, 5.74) is -2.92. The van der Waals surface area contributed by atoms with Crippen molar-refractivity contribution in [2.24, 2.45) is 0 Å². The summed E-state index contributed by atoms with van der Waals surface area (Å²) in [5.74, 6) is 0. The van der Waals surface area contributed by atoms with Crippen LogP contribution in [0.25, 0.3) is 0 Å². The molecule has 0 aromatic heterocycles. The molecule has 3 aliphatic heterocycles. The molecule has 2 N–H and O–H groups in total. The summed E-state index contributed by atoms with van der Waals surface area (Å²) in [6.45, 7) is 8.47. The molecule has 0 aliphatic carbocycles. The van der Waals surface area contributed by atoms with Gasteiger partial charge in [-0.05, 0) is 13.8 Å². The molecule has 0 aromatic carbocycles. The van der Waals surface area contributed by atoms with Crippen LogP contribution in [0.2, 0.25) is 0 Å². The fraction of sp³-hybridized carbons (Fsp3) is 1.00. The number of ether oxygens (including phenoxy) is 2. The van der Waals surface area contributed by atoms with Gasteiger partial charge in [-0.2, -0.15) is 0 Å². The van der Waals surface area contributed by atoms with Crippen molar-refractivity contribution in [3.63, 3.8) is 0 Å². The third-order valence-electron chi connectivity index (χ3n) is 4.34. The lowest BCUT2D eigenvalue weighted by Crippen LogP contribution is -2.88. The van der Waals surface area contributed by atoms with E-state index in [0.29, 0.717) is 12.6 Å². The van der Waals surface area contributed by atoms with E-state index < -0.39 is 16.9 Å². The summed E-state index contributed by atoms with van der Waals surface area (Å²) in [4.78, 5) is 0. The molecule has 0 saturated carbocycles. The molecule has 3 aliphatic rings. The van der Waals surface area contributed by atoms with Gasteiger partial charge >= 0.3 is 0 Å². The first kappa shape index (κ1) is 11.8. The number of nitrogens with one attached hydrogen (secondary N) is 2. The van der Waals surface area contributed by atoms with E-state index >= 15 is 0 Å². The van der Waals surface area contributed by atoms with E-state index in [2.05, 4.69) is 24.5 Å². The average Bonchev–Trinajstić information content (AvgIpc) is 2.64. The van der Waals surface area contributed by atoms with Crippen LogP contribution in [0.5, 0.6) is 0 Å². The Morgan fingerprint density at radius 3 is 2.71 bits per heavy atom. The Morgan fingerprint density at radius 1 is 1.41 bits per heavy atom. The average molecular weight is 244 g/mol. The van der Waals surface area contributed by atoms with Gasteiger partial charge in [-0.25, -0.2) is 4.39 Å². The van der Waals surface area contributed by atoms with Gasteiger partial charge in [0.05, 0.1) is 24.8 Å². The quantitative estimate of drug-likeness (QED) is 0.745. The lowest BCUT2D eigenvalue weighted by Gasteiger charge is -2.60. The molecule has 0 bridgehead atoms. The number of halogens is 1. The van der Waals surface area contributed by atoms with Gasteiger partial charge in [-0.3, -0.25) is 5.32 Å². The Labute approximate surface area is 101 Å². The van der Waals surface area contributed by atoms with Crippen LogP contribution in [0.1, 0.15) is 27.7 Å². The molecule has 1 unspecified atom stereocenters. The molecular formula is C12H21FN2O2. The van der Waals surface area contributed by atoms with Gasteiger partial charge in [0.25, 0.3) is 0 Å². The molecule has 1 spiro atoms. The van der Waals surface area contributed by atoms with Crippen molar-refractivity contribution in [2.75, 3.05) is 13.2 Å². The van der Waals surface area contributed by atoms with Crippen molar-refractivity contribution < 1.29 is 13.9 Å². The van der Waals surface area contributed by atoms with Crippen LogP contribution < -0.4 is 10.6 Å². The number of rotatable bonds is 2. The number of hydrogen-bond donors (Lipinski definition) is 2. The SMILES string of the molecule is CC(C)N[C@@H]1CO[C@]23NC(C)(C)C2(F)CO[C@H]13. The maximum atomic E-state index is 15.0. The fourth-order valence-corrected chi connectivity index (χ4v) is 3.47. The van der Waals surface area contributed by atoms with Crippen LogP contribution in [-0.2, 0) is 9.47 Å². The minimum absolute atomic E-state index is 0.0659. The monoisotopic (exact) mass is 244 g/mol. The third-order valence-corrected chi connectivity index (χ3v) is 4.34. The molecule has 98 valence electrons. The van der Waals surface area contributed by atoms with E-state index in [1.807, 2.05) is 13.8 Å².